The molecule has 3 rings (SSSR count). The van der Waals surface area contributed by atoms with Crippen molar-refractivity contribution < 1.29 is 9.47 Å². The molecular formula is C17H25NO2. The van der Waals surface area contributed by atoms with Gasteiger partial charge in [-0.1, -0.05) is 19.1 Å². The minimum atomic E-state index is 0.410. The summed E-state index contributed by atoms with van der Waals surface area (Å²) in [6.45, 7) is 5.04. The summed E-state index contributed by atoms with van der Waals surface area (Å²) in [6.07, 6.45) is 5.20. The molecule has 1 N–H and O–H groups in total. The van der Waals surface area contributed by atoms with Crippen LogP contribution >= 0.6 is 0 Å². The maximum absolute atomic E-state index is 5.82. The molecule has 110 valence electrons. The maximum atomic E-state index is 5.82. The number of hydrogen-bond acceptors (Lipinski definition) is 3. The summed E-state index contributed by atoms with van der Waals surface area (Å²) in [5.41, 5.74) is 1.36. The zero-order chi connectivity index (χ0) is 13.8. The molecule has 1 aromatic carbocycles. The van der Waals surface area contributed by atoms with E-state index in [0.717, 1.165) is 38.3 Å². The standard InChI is InChI=1S/C17H25NO2/c1-2-10-18-17(14-9-11-19-12-14)13-3-5-15(6-4-13)20-16-7-8-16/h3-6,14,16-18H,2,7-12H2,1H3. The molecule has 1 aliphatic heterocycles. The van der Waals surface area contributed by atoms with Crippen molar-refractivity contribution in [3.05, 3.63) is 29.8 Å². The van der Waals surface area contributed by atoms with Crippen LogP contribution in [0.25, 0.3) is 0 Å². The van der Waals surface area contributed by atoms with Crippen molar-refractivity contribution in [1.82, 2.24) is 5.32 Å². The number of benzene rings is 1. The van der Waals surface area contributed by atoms with Crippen LogP contribution in [-0.2, 0) is 4.74 Å². The third kappa shape index (κ3) is 3.53. The molecule has 1 saturated heterocycles. The van der Waals surface area contributed by atoms with Crippen LogP contribution in [0, 0.1) is 5.92 Å². The summed E-state index contributed by atoms with van der Waals surface area (Å²) in [5.74, 6) is 1.60. The van der Waals surface area contributed by atoms with Gasteiger partial charge in [-0.05, 0) is 49.9 Å². The minimum absolute atomic E-state index is 0.410. The molecule has 1 heterocycles. The Bertz CT molecular complexity index is 408. The zero-order valence-corrected chi connectivity index (χ0v) is 12.3. The van der Waals surface area contributed by atoms with Crippen LogP contribution in [0.5, 0.6) is 5.75 Å². The quantitative estimate of drug-likeness (QED) is 0.828. The predicted molar refractivity (Wildman–Crippen MR) is 80.1 cm³/mol. The molecule has 2 fully saturated rings. The van der Waals surface area contributed by atoms with E-state index in [-0.39, 0.29) is 0 Å². The second-order valence-electron chi connectivity index (χ2n) is 5.94. The van der Waals surface area contributed by atoms with E-state index in [1.54, 1.807) is 0 Å². The summed E-state index contributed by atoms with van der Waals surface area (Å²) in [4.78, 5) is 0. The molecule has 0 aromatic heterocycles. The zero-order valence-electron chi connectivity index (χ0n) is 12.3. The highest BCUT2D eigenvalue weighted by Gasteiger charge is 2.27. The van der Waals surface area contributed by atoms with Crippen molar-refractivity contribution in [2.24, 2.45) is 5.92 Å². The van der Waals surface area contributed by atoms with E-state index in [1.165, 1.54) is 18.4 Å². The fraction of sp³-hybridized carbons (Fsp3) is 0.647. The first-order valence-corrected chi connectivity index (χ1v) is 7.94. The van der Waals surface area contributed by atoms with Gasteiger partial charge in [-0.2, -0.15) is 0 Å². The highest BCUT2D eigenvalue weighted by Crippen LogP contribution is 2.31. The second-order valence-corrected chi connectivity index (χ2v) is 5.94. The van der Waals surface area contributed by atoms with E-state index in [1.807, 2.05) is 0 Å². The first kappa shape index (κ1) is 13.9. The van der Waals surface area contributed by atoms with E-state index >= 15 is 0 Å². The molecule has 0 spiro atoms. The lowest BCUT2D eigenvalue weighted by Crippen LogP contribution is -2.29. The molecule has 3 nitrogen and oxygen atoms in total. The van der Waals surface area contributed by atoms with Crippen molar-refractivity contribution >= 4 is 0 Å². The van der Waals surface area contributed by atoms with Gasteiger partial charge in [0.1, 0.15) is 5.75 Å². The van der Waals surface area contributed by atoms with Crippen molar-refractivity contribution in [2.45, 2.75) is 44.8 Å². The van der Waals surface area contributed by atoms with E-state index in [4.69, 9.17) is 9.47 Å². The van der Waals surface area contributed by atoms with Gasteiger partial charge in [-0.15, -0.1) is 0 Å². The number of nitrogens with one attached hydrogen (secondary N) is 1. The first-order valence-electron chi connectivity index (χ1n) is 7.94. The fourth-order valence-electron chi connectivity index (χ4n) is 2.80. The Morgan fingerprint density at radius 3 is 2.65 bits per heavy atom. The van der Waals surface area contributed by atoms with Gasteiger partial charge in [0.05, 0.1) is 12.7 Å². The van der Waals surface area contributed by atoms with Crippen molar-refractivity contribution in [1.29, 1.82) is 0 Å². The lowest BCUT2D eigenvalue weighted by atomic mass is 9.92. The van der Waals surface area contributed by atoms with Crippen LogP contribution in [0.4, 0.5) is 0 Å². The van der Waals surface area contributed by atoms with Crippen LogP contribution in [0.1, 0.15) is 44.2 Å². The SMILES string of the molecule is CCCNC(c1ccc(OC2CC2)cc1)C1CCOC1. The van der Waals surface area contributed by atoms with E-state index < -0.39 is 0 Å². The topological polar surface area (TPSA) is 30.5 Å². The second kappa shape index (κ2) is 6.59. The first-order chi connectivity index (χ1) is 9.86. The van der Waals surface area contributed by atoms with Gasteiger partial charge in [0.25, 0.3) is 0 Å². The third-order valence-corrected chi connectivity index (χ3v) is 4.12. The van der Waals surface area contributed by atoms with Crippen LogP contribution in [0.15, 0.2) is 24.3 Å². The summed E-state index contributed by atoms with van der Waals surface area (Å²) >= 11 is 0. The molecule has 0 radical (unpaired) electrons. The monoisotopic (exact) mass is 275 g/mol. The van der Waals surface area contributed by atoms with Gasteiger partial charge in [0.15, 0.2) is 0 Å². The van der Waals surface area contributed by atoms with Crippen molar-refractivity contribution in [3.8, 4) is 5.75 Å². The molecule has 0 bridgehead atoms. The highest BCUT2D eigenvalue weighted by atomic mass is 16.5. The Morgan fingerprint density at radius 1 is 1.25 bits per heavy atom. The molecule has 1 aromatic rings. The van der Waals surface area contributed by atoms with Gasteiger partial charge in [0, 0.05) is 18.6 Å². The molecular weight excluding hydrogens is 250 g/mol. The molecule has 3 heteroatoms. The fourth-order valence-corrected chi connectivity index (χ4v) is 2.80. The average molecular weight is 275 g/mol. The Kier molecular flexibility index (Phi) is 4.58. The van der Waals surface area contributed by atoms with Crippen molar-refractivity contribution in [3.63, 3.8) is 0 Å². The smallest absolute Gasteiger partial charge is 0.119 e. The highest BCUT2D eigenvalue weighted by molar-refractivity contribution is 5.30. The van der Waals surface area contributed by atoms with Crippen molar-refractivity contribution in [2.75, 3.05) is 19.8 Å². The lowest BCUT2D eigenvalue weighted by Gasteiger charge is -2.24. The summed E-state index contributed by atoms with van der Waals surface area (Å²) < 4.78 is 11.4. The average Bonchev–Trinajstić information content (AvgIpc) is 3.12. The lowest BCUT2D eigenvalue weighted by molar-refractivity contribution is 0.176. The molecule has 2 aliphatic rings. The Balaban J connectivity index is 1.67. The van der Waals surface area contributed by atoms with Crippen LogP contribution in [-0.4, -0.2) is 25.9 Å². The largest absolute Gasteiger partial charge is 0.490 e. The minimum Gasteiger partial charge on any atom is -0.490 e. The number of rotatable bonds is 7. The van der Waals surface area contributed by atoms with E-state index in [0.29, 0.717) is 18.1 Å². The van der Waals surface area contributed by atoms with Gasteiger partial charge in [-0.3, -0.25) is 0 Å². The van der Waals surface area contributed by atoms with Gasteiger partial charge < -0.3 is 14.8 Å². The Hall–Kier alpha value is -1.06. The number of hydrogen-bond donors (Lipinski definition) is 1. The molecule has 1 saturated carbocycles. The van der Waals surface area contributed by atoms with E-state index in [2.05, 4.69) is 36.5 Å². The number of ether oxygens (including phenoxy) is 2. The van der Waals surface area contributed by atoms with Gasteiger partial charge >= 0.3 is 0 Å². The molecule has 2 atom stereocenters. The Morgan fingerprint density at radius 2 is 2.05 bits per heavy atom. The van der Waals surface area contributed by atoms with Crippen LogP contribution in [0.3, 0.4) is 0 Å². The normalized spacial score (nSPS) is 23.8. The van der Waals surface area contributed by atoms with Gasteiger partial charge in [-0.25, -0.2) is 0 Å². The van der Waals surface area contributed by atoms with Crippen LogP contribution < -0.4 is 10.1 Å². The summed E-state index contributed by atoms with van der Waals surface area (Å²) in [7, 11) is 0. The molecule has 1 aliphatic carbocycles. The molecule has 20 heavy (non-hydrogen) atoms. The summed E-state index contributed by atoms with van der Waals surface area (Å²) in [6, 6.07) is 9.06. The van der Waals surface area contributed by atoms with Gasteiger partial charge in [0.2, 0.25) is 0 Å². The molecule has 2 unspecified atom stereocenters. The third-order valence-electron chi connectivity index (χ3n) is 4.12. The molecule has 0 amide bonds. The predicted octanol–water partition coefficient (Wildman–Crippen LogP) is 3.31. The van der Waals surface area contributed by atoms with E-state index in [9.17, 15) is 0 Å². The summed E-state index contributed by atoms with van der Waals surface area (Å²) in [5, 5.41) is 3.68. The van der Waals surface area contributed by atoms with Crippen LogP contribution in [0.2, 0.25) is 0 Å². The maximum Gasteiger partial charge on any atom is 0.119 e. The Labute approximate surface area is 121 Å².